The normalized spacial score (nSPS) is 12.4. The molecule has 0 spiro atoms. The van der Waals surface area contributed by atoms with Crippen molar-refractivity contribution in [3.05, 3.63) is 84.9 Å². The molecule has 3 aromatic rings. The van der Waals surface area contributed by atoms with Crippen LogP contribution in [0.4, 0.5) is 20.2 Å². The van der Waals surface area contributed by atoms with E-state index in [-0.39, 0.29) is 21.8 Å². The number of nitrogens with one attached hydrogen (secondary N) is 2. The SMILES string of the molecule is Cc1cc(I)ccc1Nc1c(C(=O)NOC(C)C)cc(Br)c(F)c1F.NC(=O)c1ccccc1OCC1CC1. The van der Waals surface area contributed by atoms with Crippen molar-refractivity contribution in [2.45, 2.75) is 39.7 Å². The van der Waals surface area contributed by atoms with Crippen LogP contribution >= 0.6 is 38.5 Å². The molecule has 1 aliphatic carbocycles. The highest BCUT2D eigenvalue weighted by atomic mass is 127. The van der Waals surface area contributed by atoms with Crippen LogP contribution in [0.5, 0.6) is 5.75 Å². The lowest BCUT2D eigenvalue weighted by molar-refractivity contribution is 0.000216. The van der Waals surface area contributed by atoms with E-state index in [4.69, 9.17) is 15.3 Å². The molecular formula is C28H29BrF2IN3O4. The Labute approximate surface area is 248 Å². The summed E-state index contributed by atoms with van der Waals surface area (Å²) in [6.07, 6.45) is 2.21. The van der Waals surface area contributed by atoms with Crippen molar-refractivity contribution < 1.29 is 27.9 Å². The predicted molar refractivity (Wildman–Crippen MR) is 158 cm³/mol. The monoisotopic (exact) mass is 715 g/mol. The highest BCUT2D eigenvalue weighted by molar-refractivity contribution is 14.1. The van der Waals surface area contributed by atoms with Gasteiger partial charge in [0, 0.05) is 9.26 Å². The molecule has 1 aliphatic rings. The lowest BCUT2D eigenvalue weighted by Gasteiger charge is -2.16. The van der Waals surface area contributed by atoms with Crippen LogP contribution < -0.4 is 21.3 Å². The Kier molecular flexibility index (Phi) is 11.1. The molecule has 0 bridgehead atoms. The van der Waals surface area contributed by atoms with E-state index in [1.807, 2.05) is 25.1 Å². The van der Waals surface area contributed by atoms with Crippen LogP contribution in [0.3, 0.4) is 0 Å². The Morgan fingerprint density at radius 2 is 1.79 bits per heavy atom. The molecule has 0 unspecified atom stereocenters. The van der Waals surface area contributed by atoms with Crippen molar-refractivity contribution >= 4 is 61.7 Å². The molecule has 39 heavy (non-hydrogen) atoms. The number of hydrogen-bond acceptors (Lipinski definition) is 5. The maximum absolute atomic E-state index is 14.5. The summed E-state index contributed by atoms with van der Waals surface area (Å²) >= 11 is 5.08. The summed E-state index contributed by atoms with van der Waals surface area (Å²) in [7, 11) is 0. The molecule has 208 valence electrons. The maximum Gasteiger partial charge on any atom is 0.277 e. The van der Waals surface area contributed by atoms with E-state index in [0.29, 0.717) is 29.5 Å². The summed E-state index contributed by atoms with van der Waals surface area (Å²) in [4.78, 5) is 28.4. The van der Waals surface area contributed by atoms with E-state index < -0.39 is 23.4 Å². The van der Waals surface area contributed by atoms with Gasteiger partial charge in [-0.15, -0.1) is 0 Å². The summed E-state index contributed by atoms with van der Waals surface area (Å²) in [6, 6.07) is 13.7. The molecular weight excluding hydrogens is 687 g/mol. The minimum atomic E-state index is -1.15. The first-order valence-electron chi connectivity index (χ1n) is 12.2. The number of amides is 2. The highest BCUT2D eigenvalue weighted by Crippen LogP contribution is 2.33. The molecule has 1 fully saturated rings. The van der Waals surface area contributed by atoms with Gasteiger partial charge >= 0.3 is 0 Å². The molecule has 0 heterocycles. The molecule has 4 rings (SSSR count). The van der Waals surface area contributed by atoms with Crippen LogP contribution in [0, 0.1) is 28.0 Å². The second-order valence-electron chi connectivity index (χ2n) is 9.21. The van der Waals surface area contributed by atoms with Gasteiger partial charge in [0.05, 0.1) is 34.0 Å². The number of benzene rings is 3. The molecule has 0 aliphatic heterocycles. The topological polar surface area (TPSA) is 103 Å². The molecule has 4 N–H and O–H groups in total. The summed E-state index contributed by atoms with van der Waals surface area (Å²) < 4.78 is 34.9. The van der Waals surface area contributed by atoms with E-state index in [1.165, 1.54) is 18.9 Å². The number of para-hydroxylation sites is 1. The zero-order valence-corrected chi connectivity index (χ0v) is 25.4. The first kappa shape index (κ1) is 30.8. The number of nitrogens with two attached hydrogens (primary N) is 1. The number of primary amides is 1. The molecule has 0 saturated heterocycles. The number of hydrogen-bond donors (Lipinski definition) is 3. The van der Waals surface area contributed by atoms with Crippen LogP contribution in [0.1, 0.15) is 53.0 Å². The zero-order valence-electron chi connectivity index (χ0n) is 21.6. The number of halogens is 4. The Morgan fingerprint density at radius 3 is 2.41 bits per heavy atom. The number of carbonyl (C=O) groups excluding carboxylic acids is 2. The standard InChI is InChI=1S/C17H16BrF2IN2O2.C11H13NO2/c1-8(2)25-23-17(24)11-7-12(18)14(19)15(20)16(11)22-13-5-4-10(21)6-9(13)3;12-11(13)9-3-1-2-4-10(9)14-7-8-5-6-8/h4-8,22H,1-3H3,(H,23,24);1-4,8H,5-7H2,(H2,12,13). The van der Waals surface area contributed by atoms with Gasteiger partial charge in [0.2, 0.25) is 0 Å². The summed E-state index contributed by atoms with van der Waals surface area (Å²) in [6.45, 7) is 5.99. The van der Waals surface area contributed by atoms with Gasteiger partial charge in [-0.2, -0.15) is 0 Å². The van der Waals surface area contributed by atoms with Gasteiger partial charge in [-0.1, -0.05) is 12.1 Å². The molecule has 3 aromatic carbocycles. The third kappa shape index (κ3) is 8.87. The average molecular weight is 716 g/mol. The van der Waals surface area contributed by atoms with Crippen LogP contribution in [-0.2, 0) is 4.84 Å². The molecule has 2 amide bonds. The van der Waals surface area contributed by atoms with Crippen molar-refractivity contribution in [3.8, 4) is 5.75 Å². The van der Waals surface area contributed by atoms with Crippen LogP contribution in [0.15, 0.2) is 53.0 Å². The van der Waals surface area contributed by atoms with Crippen molar-refractivity contribution in [3.63, 3.8) is 0 Å². The van der Waals surface area contributed by atoms with Crippen LogP contribution in [0.25, 0.3) is 0 Å². The van der Waals surface area contributed by atoms with Gasteiger partial charge in [-0.05, 0) is 120 Å². The van der Waals surface area contributed by atoms with Gasteiger partial charge in [0.15, 0.2) is 11.6 Å². The smallest absolute Gasteiger partial charge is 0.277 e. The lowest BCUT2D eigenvalue weighted by atomic mass is 10.1. The Balaban J connectivity index is 0.000000252. The highest BCUT2D eigenvalue weighted by Gasteiger charge is 2.24. The fourth-order valence-corrected chi connectivity index (χ4v) is 4.36. The Hall–Kier alpha value is -2.77. The van der Waals surface area contributed by atoms with Gasteiger partial charge in [0.25, 0.3) is 11.8 Å². The fourth-order valence-electron chi connectivity index (χ4n) is 3.31. The predicted octanol–water partition coefficient (Wildman–Crippen LogP) is 7.03. The van der Waals surface area contributed by atoms with Gasteiger partial charge in [-0.3, -0.25) is 14.4 Å². The minimum Gasteiger partial charge on any atom is -0.492 e. The summed E-state index contributed by atoms with van der Waals surface area (Å²) in [5.41, 5.74) is 8.98. The first-order valence-corrected chi connectivity index (χ1v) is 14.0. The fraction of sp³-hybridized carbons (Fsp3) is 0.286. The van der Waals surface area contributed by atoms with E-state index >= 15 is 0 Å². The van der Waals surface area contributed by atoms with Crippen molar-refractivity contribution in [2.75, 3.05) is 11.9 Å². The number of ether oxygens (including phenoxy) is 1. The number of rotatable bonds is 9. The quantitative estimate of drug-likeness (QED) is 0.126. The third-order valence-corrected chi connectivity index (χ3v) is 6.81. The maximum atomic E-state index is 14.5. The van der Waals surface area contributed by atoms with E-state index in [2.05, 4.69) is 49.3 Å². The number of aryl methyl sites for hydroxylation is 1. The molecule has 11 heteroatoms. The molecule has 0 radical (unpaired) electrons. The number of carbonyl (C=O) groups is 2. The average Bonchev–Trinajstić information content (AvgIpc) is 3.72. The van der Waals surface area contributed by atoms with Crippen molar-refractivity contribution in [2.24, 2.45) is 11.7 Å². The molecule has 0 aromatic heterocycles. The lowest BCUT2D eigenvalue weighted by Crippen LogP contribution is -2.28. The van der Waals surface area contributed by atoms with E-state index in [0.717, 1.165) is 9.13 Å². The van der Waals surface area contributed by atoms with Crippen LogP contribution in [0.2, 0.25) is 0 Å². The largest absolute Gasteiger partial charge is 0.492 e. The molecule has 1 saturated carbocycles. The number of hydroxylamine groups is 1. The van der Waals surface area contributed by atoms with Gasteiger partial charge < -0.3 is 15.8 Å². The molecule has 0 atom stereocenters. The summed E-state index contributed by atoms with van der Waals surface area (Å²) in [5, 5.41) is 2.82. The minimum absolute atomic E-state index is 0.0793. The Bertz CT molecular complexity index is 1350. The van der Waals surface area contributed by atoms with Gasteiger partial charge in [0.1, 0.15) is 5.75 Å². The van der Waals surface area contributed by atoms with Crippen molar-refractivity contribution in [1.82, 2.24) is 5.48 Å². The first-order chi connectivity index (χ1) is 18.5. The van der Waals surface area contributed by atoms with E-state index in [1.54, 1.807) is 38.1 Å². The zero-order chi connectivity index (χ0) is 28.7. The summed E-state index contributed by atoms with van der Waals surface area (Å²) in [5.74, 6) is -2.06. The molecule has 7 nitrogen and oxygen atoms in total. The van der Waals surface area contributed by atoms with Crippen molar-refractivity contribution in [1.29, 1.82) is 0 Å². The number of anilines is 2. The third-order valence-electron chi connectivity index (χ3n) is 5.57. The van der Waals surface area contributed by atoms with Gasteiger partial charge in [-0.25, -0.2) is 14.3 Å². The van der Waals surface area contributed by atoms with Crippen LogP contribution in [-0.4, -0.2) is 24.5 Å². The second-order valence-corrected chi connectivity index (χ2v) is 11.3. The second kappa shape index (κ2) is 14.0. The van der Waals surface area contributed by atoms with E-state index in [9.17, 15) is 18.4 Å². The Morgan fingerprint density at radius 1 is 1.10 bits per heavy atom.